The Labute approximate surface area is 90.5 Å². The van der Waals surface area contributed by atoms with Gasteiger partial charge >= 0.3 is 0 Å². The molecular formula is C13H29N. The van der Waals surface area contributed by atoms with Crippen molar-refractivity contribution >= 4 is 0 Å². The van der Waals surface area contributed by atoms with E-state index in [1.165, 1.54) is 12.8 Å². The van der Waals surface area contributed by atoms with Gasteiger partial charge < -0.3 is 5.73 Å². The van der Waals surface area contributed by atoms with E-state index >= 15 is 0 Å². The third kappa shape index (κ3) is 3.61. The molecule has 86 valence electrons. The first-order valence-electron chi connectivity index (χ1n) is 6.21. The van der Waals surface area contributed by atoms with Crippen molar-refractivity contribution in [1.29, 1.82) is 0 Å². The van der Waals surface area contributed by atoms with Crippen molar-refractivity contribution in [3.63, 3.8) is 0 Å². The van der Waals surface area contributed by atoms with Crippen LogP contribution in [0.2, 0.25) is 0 Å². The van der Waals surface area contributed by atoms with Gasteiger partial charge in [-0.3, -0.25) is 0 Å². The third-order valence-corrected chi connectivity index (χ3v) is 3.91. The maximum Gasteiger partial charge on any atom is 0.00930 e. The monoisotopic (exact) mass is 199 g/mol. The molecule has 4 unspecified atom stereocenters. The second-order valence-electron chi connectivity index (χ2n) is 5.14. The Morgan fingerprint density at radius 2 is 1.43 bits per heavy atom. The molecule has 0 amide bonds. The summed E-state index contributed by atoms with van der Waals surface area (Å²) in [5.41, 5.74) is 6.29. The van der Waals surface area contributed by atoms with Gasteiger partial charge in [0.15, 0.2) is 0 Å². The molecule has 0 aliphatic heterocycles. The Bertz CT molecular complexity index is 142. The summed E-state index contributed by atoms with van der Waals surface area (Å²) in [5.74, 6) is 2.83. The first-order chi connectivity index (χ1) is 6.45. The van der Waals surface area contributed by atoms with Gasteiger partial charge in [0, 0.05) is 6.04 Å². The molecule has 14 heavy (non-hydrogen) atoms. The average Bonchev–Trinajstić information content (AvgIpc) is 2.15. The van der Waals surface area contributed by atoms with E-state index in [9.17, 15) is 0 Å². The van der Waals surface area contributed by atoms with E-state index in [0.29, 0.717) is 17.9 Å². The van der Waals surface area contributed by atoms with E-state index in [2.05, 4.69) is 41.5 Å². The Kier molecular flexibility index (Phi) is 6.43. The lowest BCUT2D eigenvalue weighted by molar-refractivity contribution is 0.194. The molecule has 0 aromatic heterocycles. The summed E-state index contributed by atoms with van der Waals surface area (Å²) in [5, 5.41) is 0. The van der Waals surface area contributed by atoms with Gasteiger partial charge in [-0.1, -0.05) is 54.4 Å². The van der Waals surface area contributed by atoms with Crippen molar-refractivity contribution in [3.05, 3.63) is 0 Å². The van der Waals surface area contributed by atoms with Crippen LogP contribution in [0.15, 0.2) is 0 Å². The van der Waals surface area contributed by atoms with Crippen molar-refractivity contribution in [2.45, 2.75) is 60.4 Å². The molecule has 0 spiro atoms. The molecule has 0 heterocycles. The van der Waals surface area contributed by atoms with Gasteiger partial charge in [-0.25, -0.2) is 0 Å². The summed E-state index contributed by atoms with van der Waals surface area (Å²) in [6, 6.07) is 0.368. The van der Waals surface area contributed by atoms with Crippen LogP contribution in [0.25, 0.3) is 0 Å². The molecule has 1 nitrogen and oxygen atoms in total. The minimum absolute atomic E-state index is 0.368. The molecule has 0 rings (SSSR count). The van der Waals surface area contributed by atoms with Crippen molar-refractivity contribution in [2.24, 2.45) is 29.4 Å². The Morgan fingerprint density at radius 3 is 1.71 bits per heavy atom. The molecule has 1 heteroatoms. The van der Waals surface area contributed by atoms with Crippen LogP contribution in [0.5, 0.6) is 0 Å². The molecule has 0 aromatic rings. The molecule has 0 bridgehead atoms. The Balaban J connectivity index is 4.33. The molecule has 0 fully saturated rings. The van der Waals surface area contributed by atoms with Crippen LogP contribution in [0.1, 0.15) is 54.4 Å². The van der Waals surface area contributed by atoms with Gasteiger partial charge in [0.05, 0.1) is 0 Å². The Hall–Kier alpha value is -0.0400. The highest BCUT2D eigenvalue weighted by Crippen LogP contribution is 2.29. The van der Waals surface area contributed by atoms with Crippen LogP contribution in [-0.4, -0.2) is 6.04 Å². The summed E-state index contributed by atoms with van der Waals surface area (Å²) in [6.07, 6.45) is 2.45. The first kappa shape index (κ1) is 14.0. The molecular weight excluding hydrogens is 170 g/mol. The highest BCUT2D eigenvalue weighted by molar-refractivity contribution is 4.80. The predicted molar refractivity (Wildman–Crippen MR) is 65.2 cm³/mol. The maximum atomic E-state index is 6.29. The third-order valence-electron chi connectivity index (χ3n) is 3.91. The van der Waals surface area contributed by atoms with Crippen LogP contribution < -0.4 is 5.73 Å². The summed E-state index contributed by atoms with van der Waals surface area (Å²) in [6.45, 7) is 13.7. The van der Waals surface area contributed by atoms with E-state index in [4.69, 9.17) is 5.73 Å². The fourth-order valence-electron chi connectivity index (χ4n) is 2.53. The summed E-state index contributed by atoms with van der Waals surface area (Å²) in [7, 11) is 0. The number of rotatable bonds is 6. The highest BCUT2D eigenvalue weighted by atomic mass is 14.7. The highest BCUT2D eigenvalue weighted by Gasteiger charge is 2.26. The minimum atomic E-state index is 0.368. The van der Waals surface area contributed by atoms with E-state index in [1.54, 1.807) is 0 Å². The topological polar surface area (TPSA) is 26.0 Å². The first-order valence-corrected chi connectivity index (χ1v) is 6.21. The lowest BCUT2D eigenvalue weighted by Crippen LogP contribution is -2.39. The zero-order chi connectivity index (χ0) is 11.3. The van der Waals surface area contributed by atoms with E-state index in [0.717, 1.165) is 11.8 Å². The van der Waals surface area contributed by atoms with Crippen molar-refractivity contribution < 1.29 is 0 Å². The van der Waals surface area contributed by atoms with Crippen molar-refractivity contribution in [3.8, 4) is 0 Å². The van der Waals surface area contributed by atoms with Gasteiger partial charge in [0.1, 0.15) is 0 Å². The summed E-state index contributed by atoms with van der Waals surface area (Å²) < 4.78 is 0. The second kappa shape index (κ2) is 6.44. The molecule has 0 saturated carbocycles. The summed E-state index contributed by atoms with van der Waals surface area (Å²) in [4.78, 5) is 0. The number of hydrogen-bond donors (Lipinski definition) is 1. The van der Waals surface area contributed by atoms with Gasteiger partial charge in [0.2, 0.25) is 0 Å². The van der Waals surface area contributed by atoms with Gasteiger partial charge in [-0.05, 0) is 23.7 Å². The van der Waals surface area contributed by atoms with Gasteiger partial charge in [0.25, 0.3) is 0 Å². The Morgan fingerprint density at radius 1 is 0.929 bits per heavy atom. The molecule has 4 atom stereocenters. The largest absolute Gasteiger partial charge is 0.327 e. The van der Waals surface area contributed by atoms with Crippen molar-refractivity contribution in [1.82, 2.24) is 0 Å². The fraction of sp³-hybridized carbons (Fsp3) is 1.00. The lowest BCUT2D eigenvalue weighted by Gasteiger charge is -2.33. The van der Waals surface area contributed by atoms with Crippen LogP contribution in [-0.2, 0) is 0 Å². The number of nitrogens with two attached hydrogens (primary N) is 1. The maximum absolute atomic E-state index is 6.29. The quantitative estimate of drug-likeness (QED) is 0.694. The standard InChI is InChI=1S/C13H29N/c1-7-10(5)13(14)11(6)12(8-2)9(3)4/h9-13H,7-8,14H2,1-6H3. The van der Waals surface area contributed by atoms with E-state index in [1.807, 2.05) is 0 Å². The molecule has 0 radical (unpaired) electrons. The van der Waals surface area contributed by atoms with Crippen LogP contribution in [0.3, 0.4) is 0 Å². The molecule has 0 aliphatic rings. The lowest BCUT2D eigenvalue weighted by atomic mass is 9.75. The van der Waals surface area contributed by atoms with Gasteiger partial charge in [-0.2, -0.15) is 0 Å². The number of hydrogen-bond acceptors (Lipinski definition) is 1. The molecule has 2 N–H and O–H groups in total. The van der Waals surface area contributed by atoms with Crippen molar-refractivity contribution in [2.75, 3.05) is 0 Å². The second-order valence-corrected chi connectivity index (χ2v) is 5.14. The SMILES string of the molecule is CCC(C)C(N)C(C)C(CC)C(C)C. The van der Waals surface area contributed by atoms with Crippen LogP contribution >= 0.6 is 0 Å². The zero-order valence-electron chi connectivity index (χ0n) is 10.9. The van der Waals surface area contributed by atoms with E-state index in [-0.39, 0.29) is 0 Å². The van der Waals surface area contributed by atoms with Crippen LogP contribution in [0.4, 0.5) is 0 Å². The smallest absolute Gasteiger partial charge is 0.00930 e. The summed E-state index contributed by atoms with van der Waals surface area (Å²) >= 11 is 0. The average molecular weight is 199 g/mol. The normalized spacial score (nSPS) is 20.6. The molecule has 0 aromatic carbocycles. The minimum Gasteiger partial charge on any atom is -0.327 e. The zero-order valence-corrected chi connectivity index (χ0v) is 10.9. The molecule has 0 saturated heterocycles. The van der Waals surface area contributed by atoms with Gasteiger partial charge in [-0.15, -0.1) is 0 Å². The predicted octanol–water partition coefficient (Wildman–Crippen LogP) is 3.68. The van der Waals surface area contributed by atoms with Crippen LogP contribution in [0, 0.1) is 23.7 Å². The van der Waals surface area contributed by atoms with E-state index < -0.39 is 0 Å². The molecule has 0 aliphatic carbocycles. The fourth-order valence-corrected chi connectivity index (χ4v) is 2.53.